The van der Waals surface area contributed by atoms with E-state index >= 15 is 0 Å². The molecule has 118 valence electrons. The van der Waals surface area contributed by atoms with E-state index in [-0.39, 0.29) is 11.5 Å². The van der Waals surface area contributed by atoms with Crippen LogP contribution in [0.15, 0.2) is 36.5 Å². The molecule has 0 aliphatic heterocycles. The van der Waals surface area contributed by atoms with E-state index in [1.54, 1.807) is 0 Å². The predicted octanol–water partition coefficient (Wildman–Crippen LogP) is 2.32. The molecule has 1 aromatic heterocycles. The van der Waals surface area contributed by atoms with Gasteiger partial charge in [0.05, 0.1) is 11.9 Å². The summed E-state index contributed by atoms with van der Waals surface area (Å²) in [6.45, 7) is 0. The molecule has 0 spiro atoms. The first-order chi connectivity index (χ1) is 10.3. The van der Waals surface area contributed by atoms with Crippen LogP contribution in [-0.4, -0.2) is 31.8 Å². The second-order valence-electron chi connectivity index (χ2n) is 4.54. The average Bonchev–Trinajstić information content (AvgIpc) is 2.44. The number of hydrogen-bond donors (Lipinski definition) is 2. The lowest BCUT2D eigenvalue weighted by atomic mass is 10.2. The zero-order valence-electron chi connectivity index (χ0n) is 11.8. The number of pyridine rings is 1. The van der Waals surface area contributed by atoms with Crippen molar-refractivity contribution in [3.63, 3.8) is 0 Å². The topological polar surface area (TPSA) is 74.3 Å². The number of rotatable bonds is 5. The van der Waals surface area contributed by atoms with Crippen LogP contribution in [0.4, 0.5) is 26.0 Å². The Morgan fingerprint density at radius 1 is 1.09 bits per heavy atom. The molecule has 1 heterocycles. The van der Waals surface area contributed by atoms with Gasteiger partial charge in [-0.05, 0) is 24.3 Å². The first-order valence-corrected chi connectivity index (χ1v) is 7.61. The molecule has 0 fully saturated rings. The summed E-state index contributed by atoms with van der Waals surface area (Å²) >= 11 is 0. The van der Waals surface area contributed by atoms with Gasteiger partial charge in [-0.15, -0.1) is 0 Å². The van der Waals surface area contributed by atoms with E-state index in [0.29, 0.717) is 5.69 Å². The van der Waals surface area contributed by atoms with Gasteiger partial charge in [-0.3, -0.25) is 4.72 Å². The fraction of sp³-hybridized carbons (Fsp3) is 0.154. The number of nitrogens with one attached hydrogen (secondary N) is 2. The van der Waals surface area contributed by atoms with E-state index in [1.165, 1.54) is 38.5 Å². The van der Waals surface area contributed by atoms with Crippen LogP contribution >= 0.6 is 0 Å². The Morgan fingerprint density at radius 2 is 1.73 bits per heavy atom. The van der Waals surface area contributed by atoms with Gasteiger partial charge in [0.25, 0.3) is 0 Å². The minimum Gasteiger partial charge on any atom is -0.349 e. The summed E-state index contributed by atoms with van der Waals surface area (Å²) < 4.78 is 53.5. The standard InChI is InChI=1S/C13H14F2N4O2S/c1-19(2)22(20,21)18-12-7-6-9(8-16-12)17-13-10(14)4-3-5-11(13)15/h3-8,17H,1-2H3,(H,16,18). The molecule has 0 amide bonds. The maximum absolute atomic E-state index is 13.5. The molecule has 22 heavy (non-hydrogen) atoms. The van der Waals surface area contributed by atoms with Gasteiger partial charge in [0, 0.05) is 14.1 Å². The summed E-state index contributed by atoms with van der Waals surface area (Å²) in [4.78, 5) is 3.88. The molecule has 0 bridgehead atoms. The zero-order chi connectivity index (χ0) is 16.3. The molecular formula is C13H14F2N4O2S. The molecule has 9 heteroatoms. The van der Waals surface area contributed by atoms with Crippen LogP contribution in [-0.2, 0) is 10.2 Å². The predicted molar refractivity (Wildman–Crippen MR) is 80.1 cm³/mol. The maximum atomic E-state index is 13.5. The van der Waals surface area contributed by atoms with E-state index in [1.807, 2.05) is 0 Å². The van der Waals surface area contributed by atoms with Crippen molar-refractivity contribution >= 4 is 27.4 Å². The van der Waals surface area contributed by atoms with Crippen molar-refractivity contribution in [2.24, 2.45) is 0 Å². The van der Waals surface area contributed by atoms with E-state index in [0.717, 1.165) is 16.4 Å². The highest BCUT2D eigenvalue weighted by atomic mass is 32.2. The van der Waals surface area contributed by atoms with Crippen molar-refractivity contribution in [2.75, 3.05) is 24.1 Å². The average molecular weight is 328 g/mol. The van der Waals surface area contributed by atoms with Crippen molar-refractivity contribution in [1.29, 1.82) is 0 Å². The molecule has 1 aromatic carbocycles. The lowest BCUT2D eigenvalue weighted by Crippen LogP contribution is -2.29. The van der Waals surface area contributed by atoms with E-state index in [2.05, 4.69) is 15.0 Å². The molecule has 0 unspecified atom stereocenters. The van der Waals surface area contributed by atoms with Gasteiger partial charge in [0.2, 0.25) is 0 Å². The summed E-state index contributed by atoms with van der Waals surface area (Å²) in [6, 6.07) is 6.33. The highest BCUT2D eigenvalue weighted by Gasteiger charge is 2.14. The Kier molecular flexibility index (Phi) is 4.57. The highest BCUT2D eigenvalue weighted by molar-refractivity contribution is 7.90. The Bertz CT molecular complexity index is 744. The van der Waals surface area contributed by atoms with Gasteiger partial charge in [-0.25, -0.2) is 13.8 Å². The molecule has 0 atom stereocenters. The second kappa shape index (κ2) is 6.24. The summed E-state index contributed by atoms with van der Waals surface area (Å²) in [6.07, 6.45) is 1.26. The van der Waals surface area contributed by atoms with E-state index < -0.39 is 21.8 Å². The molecule has 2 N–H and O–H groups in total. The smallest absolute Gasteiger partial charge is 0.302 e. The van der Waals surface area contributed by atoms with Gasteiger partial charge in [0.1, 0.15) is 23.1 Å². The van der Waals surface area contributed by atoms with Crippen molar-refractivity contribution in [1.82, 2.24) is 9.29 Å². The van der Waals surface area contributed by atoms with Crippen LogP contribution in [0.25, 0.3) is 0 Å². The Hall–Kier alpha value is -2.26. The van der Waals surface area contributed by atoms with Crippen LogP contribution in [0.1, 0.15) is 0 Å². The van der Waals surface area contributed by atoms with Crippen molar-refractivity contribution < 1.29 is 17.2 Å². The molecule has 0 aliphatic carbocycles. The summed E-state index contributed by atoms with van der Waals surface area (Å²) in [5.74, 6) is -1.39. The van der Waals surface area contributed by atoms with Gasteiger partial charge in [0.15, 0.2) is 0 Å². The Labute approximate surface area is 127 Å². The van der Waals surface area contributed by atoms with Crippen LogP contribution < -0.4 is 10.0 Å². The number of hydrogen-bond acceptors (Lipinski definition) is 4. The number of halogens is 2. The fourth-order valence-electron chi connectivity index (χ4n) is 1.51. The molecule has 0 saturated heterocycles. The number of anilines is 3. The van der Waals surface area contributed by atoms with Crippen LogP contribution in [0, 0.1) is 11.6 Å². The Balaban J connectivity index is 2.16. The lowest BCUT2D eigenvalue weighted by molar-refractivity contribution is 0.526. The third-order valence-corrected chi connectivity index (χ3v) is 4.14. The number of benzene rings is 1. The molecule has 0 saturated carbocycles. The zero-order valence-corrected chi connectivity index (χ0v) is 12.7. The first-order valence-electron chi connectivity index (χ1n) is 6.17. The second-order valence-corrected chi connectivity index (χ2v) is 6.43. The van der Waals surface area contributed by atoms with Gasteiger partial charge >= 0.3 is 10.2 Å². The molecule has 6 nitrogen and oxygen atoms in total. The van der Waals surface area contributed by atoms with Crippen LogP contribution in [0.3, 0.4) is 0 Å². The fourth-order valence-corrected chi connectivity index (χ4v) is 2.08. The van der Waals surface area contributed by atoms with Crippen LogP contribution in [0.5, 0.6) is 0 Å². The van der Waals surface area contributed by atoms with Crippen molar-refractivity contribution in [3.8, 4) is 0 Å². The van der Waals surface area contributed by atoms with Crippen molar-refractivity contribution in [2.45, 2.75) is 0 Å². The summed E-state index contributed by atoms with van der Waals surface area (Å²) in [5, 5.41) is 2.55. The monoisotopic (exact) mass is 328 g/mol. The molecule has 2 aromatic rings. The number of aromatic nitrogens is 1. The molecule has 0 radical (unpaired) electrons. The highest BCUT2D eigenvalue weighted by Crippen LogP contribution is 2.23. The quantitative estimate of drug-likeness (QED) is 0.883. The normalized spacial score (nSPS) is 11.5. The Morgan fingerprint density at radius 3 is 2.23 bits per heavy atom. The molecule has 0 aliphatic rings. The molecular weight excluding hydrogens is 314 g/mol. The van der Waals surface area contributed by atoms with Crippen LogP contribution in [0.2, 0.25) is 0 Å². The minimum absolute atomic E-state index is 0.0910. The van der Waals surface area contributed by atoms with E-state index in [9.17, 15) is 17.2 Å². The first kappa shape index (κ1) is 16.1. The summed E-state index contributed by atoms with van der Waals surface area (Å²) in [7, 11) is -0.908. The summed E-state index contributed by atoms with van der Waals surface area (Å²) in [5.41, 5.74) is 0.0164. The largest absolute Gasteiger partial charge is 0.349 e. The van der Waals surface area contributed by atoms with Gasteiger partial charge < -0.3 is 5.32 Å². The minimum atomic E-state index is -3.66. The van der Waals surface area contributed by atoms with Gasteiger partial charge in [-0.2, -0.15) is 12.7 Å². The maximum Gasteiger partial charge on any atom is 0.302 e. The lowest BCUT2D eigenvalue weighted by Gasteiger charge is -2.13. The third-order valence-electron chi connectivity index (χ3n) is 2.71. The number of nitrogens with zero attached hydrogens (tertiary/aromatic N) is 2. The van der Waals surface area contributed by atoms with E-state index in [4.69, 9.17) is 0 Å². The van der Waals surface area contributed by atoms with Gasteiger partial charge in [-0.1, -0.05) is 6.07 Å². The molecule has 2 rings (SSSR count). The van der Waals surface area contributed by atoms with Crippen molar-refractivity contribution in [3.05, 3.63) is 48.2 Å². The third kappa shape index (κ3) is 3.68. The number of para-hydroxylation sites is 1. The SMILES string of the molecule is CN(C)S(=O)(=O)Nc1ccc(Nc2c(F)cccc2F)cn1.